The molecule has 0 amide bonds. The zero-order chi connectivity index (χ0) is 14.8. The van der Waals surface area contributed by atoms with Crippen molar-refractivity contribution in [1.29, 1.82) is 5.26 Å². The van der Waals surface area contributed by atoms with Crippen molar-refractivity contribution in [3.63, 3.8) is 0 Å². The largest absolute Gasteiger partial charge is 0.490 e. The first kappa shape index (κ1) is 14.3. The summed E-state index contributed by atoms with van der Waals surface area (Å²) >= 11 is 0. The normalized spacial score (nSPS) is 18.2. The molecule has 5 heteroatoms. The van der Waals surface area contributed by atoms with Crippen LogP contribution in [0.15, 0.2) is 18.2 Å². The Morgan fingerprint density at radius 2 is 2.05 bits per heavy atom. The minimum atomic E-state index is -0.546. The number of hydrogen-bond acceptors (Lipinski definition) is 4. The highest BCUT2D eigenvalue weighted by Gasteiger charge is 2.28. The molecule has 0 aliphatic heterocycles. The lowest BCUT2D eigenvalue weighted by molar-refractivity contribution is -0.385. The fourth-order valence-electron chi connectivity index (χ4n) is 2.51. The van der Waals surface area contributed by atoms with Gasteiger partial charge in [-0.1, -0.05) is 13.8 Å². The van der Waals surface area contributed by atoms with Crippen molar-refractivity contribution in [2.24, 2.45) is 5.41 Å². The Morgan fingerprint density at radius 1 is 1.40 bits per heavy atom. The van der Waals surface area contributed by atoms with E-state index in [1.54, 1.807) is 6.07 Å². The van der Waals surface area contributed by atoms with E-state index < -0.39 is 4.92 Å². The highest BCUT2D eigenvalue weighted by Crippen LogP contribution is 2.37. The second kappa shape index (κ2) is 5.49. The van der Waals surface area contributed by atoms with Crippen LogP contribution in [0, 0.1) is 26.9 Å². The van der Waals surface area contributed by atoms with Crippen molar-refractivity contribution >= 4 is 5.69 Å². The Bertz CT molecular complexity index is 551. The van der Waals surface area contributed by atoms with Crippen LogP contribution in [0.4, 0.5) is 5.69 Å². The van der Waals surface area contributed by atoms with E-state index in [0.717, 1.165) is 25.7 Å². The van der Waals surface area contributed by atoms with Crippen LogP contribution in [0.25, 0.3) is 0 Å². The molecule has 1 aliphatic rings. The third-order valence-electron chi connectivity index (χ3n) is 3.88. The quantitative estimate of drug-likeness (QED) is 0.620. The topological polar surface area (TPSA) is 76.2 Å². The molecule has 20 heavy (non-hydrogen) atoms. The Morgan fingerprint density at radius 3 is 2.60 bits per heavy atom. The molecule has 1 fully saturated rings. The number of nitro benzene ring substituents is 1. The number of rotatable bonds is 3. The Hall–Kier alpha value is -2.09. The highest BCUT2D eigenvalue weighted by atomic mass is 16.6. The van der Waals surface area contributed by atoms with Crippen LogP contribution >= 0.6 is 0 Å². The summed E-state index contributed by atoms with van der Waals surface area (Å²) in [5.74, 6) is 0.473. The first-order chi connectivity index (χ1) is 9.41. The molecule has 0 heterocycles. The molecule has 0 aromatic heterocycles. The summed E-state index contributed by atoms with van der Waals surface area (Å²) in [5.41, 5.74) is 0.226. The molecule has 1 saturated carbocycles. The van der Waals surface area contributed by atoms with Crippen molar-refractivity contribution in [3.8, 4) is 11.8 Å². The van der Waals surface area contributed by atoms with E-state index in [0.29, 0.717) is 11.2 Å². The molecule has 5 nitrogen and oxygen atoms in total. The number of nitrogens with zero attached hydrogens (tertiary/aromatic N) is 2. The molecule has 0 saturated heterocycles. The molecule has 106 valence electrons. The molecular formula is C15H18N2O3. The molecule has 0 unspecified atom stereocenters. The minimum absolute atomic E-state index is 0.0622. The van der Waals surface area contributed by atoms with Gasteiger partial charge >= 0.3 is 0 Å². The molecule has 2 rings (SSSR count). The van der Waals surface area contributed by atoms with Gasteiger partial charge in [-0.05, 0) is 43.2 Å². The fourth-order valence-corrected chi connectivity index (χ4v) is 2.51. The molecule has 1 aromatic rings. The van der Waals surface area contributed by atoms with E-state index in [-0.39, 0.29) is 17.4 Å². The summed E-state index contributed by atoms with van der Waals surface area (Å²) in [6.45, 7) is 4.49. The lowest BCUT2D eigenvalue weighted by Crippen LogP contribution is -2.28. The predicted octanol–water partition coefficient (Wildman–Crippen LogP) is 3.81. The molecule has 0 radical (unpaired) electrons. The predicted molar refractivity (Wildman–Crippen MR) is 74.5 cm³/mol. The number of benzene rings is 1. The Labute approximate surface area is 118 Å². The standard InChI is InChI=1S/C15H18N2O3/c1-15(2)7-5-12(6-8-15)20-13-4-3-11(10-16)14(9-13)17(18)19/h3-4,9,12H,5-8H2,1-2H3. The first-order valence-electron chi connectivity index (χ1n) is 6.76. The second-order valence-corrected chi connectivity index (χ2v) is 6.03. The average molecular weight is 274 g/mol. The third kappa shape index (κ3) is 3.27. The van der Waals surface area contributed by atoms with Crippen molar-refractivity contribution in [2.45, 2.75) is 45.6 Å². The smallest absolute Gasteiger partial charge is 0.290 e. The Kier molecular flexibility index (Phi) is 3.93. The van der Waals surface area contributed by atoms with Crippen molar-refractivity contribution in [2.75, 3.05) is 0 Å². The maximum atomic E-state index is 10.9. The average Bonchev–Trinajstić information content (AvgIpc) is 2.41. The zero-order valence-corrected chi connectivity index (χ0v) is 11.8. The number of nitro groups is 1. The SMILES string of the molecule is CC1(C)CCC(Oc2ccc(C#N)c([N+](=O)[O-])c2)CC1. The van der Waals surface area contributed by atoms with Gasteiger partial charge in [0.05, 0.1) is 17.1 Å². The van der Waals surface area contributed by atoms with Gasteiger partial charge < -0.3 is 4.74 Å². The van der Waals surface area contributed by atoms with Crippen molar-refractivity contribution < 1.29 is 9.66 Å². The molecule has 0 atom stereocenters. The summed E-state index contributed by atoms with van der Waals surface area (Å²) in [4.78, 5) is 10.4. The summed E-state index contributed by atoms with van der Waals surface area (Å²) < 4.78 is 5.83. The summed E-state index contributed by atoms with van der Waals surface area (Å²) in [6, 6.07) is 6.24. The molecular weight excluding hydrogens is 256 g/mol. The number of ether oxygens (including phenoxy) is 1. The summed E-state index contributed by atoms with van der Waals surface area (Å²) in [7, 11) is 0. The van der Waals surface area contributed by atoms with Crippen LogP contribution in [0.3, 0.4) is 0 Å². The Balaban J connectivity index is 2.09. The van der Waals surface area contributed by atoms with Gasteiger partial charge in [0.1, 0.15) is 17.4 Å². The lowest BCUT2D eigenvalue weighted by atomic mass is 9.76. The van der Waals surface area contributed by atoms with Gasteiger partial charge in [-0.2, -0.15) is 5.26 Å². The van der Waals surface area contributed by atoms with Crippen LogP contribution in [0.5, 0.6) is 5.75 Å². The maximum absolute atomic E-state index is 10.9. The molecule has 0 N–H and O–H groups in total. The van der Waals surface area contributed by atoms with Gasteiger partial charge in [0.15, 0.2) is 0 Å². The maximum Gasteiger partial charge on any atom is 0.290 e. The van der Waals surface area contributed by atoms with Crippen molar-refractivity contribution in [1.82, 2.24) is 0 Å². The van der Waals surface area contributed by atoms with Crippen molar-refractivity contribution in [3.05, 3.63) is 33.9 Å². The van der Waals surface area contributed by atoms with E-state index >= 15 is 0 Å². The summed E-state index contributed by atoms with van der Waals surface area (Å²) in [6.07, 6.45) is 4.21. The van der Waals surface area contributed by atoms with Gasteiger partial charge in [0, 0.05) is 0 Å². The van der Waals surface area contributed by atoms with Gasteiger partial charge in [-0.25, -0.2) is 0 Å². The lowest BCUT2D eigenvalue weighted by Gasteiger charge is -2.34. The van der Waals surface area contributed by atoms with Crippen LogP contribution in [0.1, 0.15) is 45.1 Å². The molecule has 0 bridgehead atoms. The second-order valence-electron chi connectivity index (χ2n) is 6.03. The van der Waals surface area contributed by atoms with E-state index in [1.807, 2.05) is 6.07 Å². The third-order valence-corrected chi connectivity index (χ3v) is 3.88. The number of hydrogen-bond donors (Lipinski definition) is 0. The molecule has 1 aliphatic carbocycles. The highest BCUT2D eigenvalue weighted by molar-refractivity contribution is 5.52. The van der Waals surface area contributed by atoms with Gasteiger partial charge in [0.25, 0.3) is 5.69 Å². The zero-order valence-electron chi connectivity index (χ0n) is 11.8. The van der Waals surface area contributed by atoms with E-state index in [1.165, 1.54) is 12.1 Å². The van der Waals surface area contributed by atoms with Gasteiger partial charge in [0.2, 0.25) is 0 Å². The molecule has 1 aromatic carbocycles. The van der Waals surface area contributed by atoms with Crippen LogP contribution in [-0.2, 0) is 0 Å². The monoisotopic (exact) mass is 274 g/mol. The van der Waals surface area contributed by atoms with Crippen LogP contribution in [-0.4, -0.2) is 11.0 Å². The number of nitriles is 1. The summed E-state index contributed by atoms with van der Waals surface area (Å²) in [5, 5.41) is 19.8. The van der Waals surface area contributed by atoms with E-state index in [9.17, 15) is 10.1 Å². The molecule has 0 spiro atoms. The van der Waals surface area contributed by atoms with Gasteiger partial charge in [-0.3, -0.25) is 10.1 Å². The van der Waals surface area contributed by atoms with Crippen LogP contribution < -0.4 is 4.74 Å². The van der Waals surface area contributed by atoms with E-state index in [2.05, 4.69) is 13.8 Å². The fraction of sp³-hybridized carbons (Fsp3) is 0.533. The van der Waals surface area contributed by atoms with E-state index in [4.69, 9.17) is 10.00 Å². The first-order valence-corrected chi connectivity index (χ1v) is 6.76. The van der Waals surface area contributed by atoms with Gasteiger partial charge in [-0.15, -0.1) is 0 Å². The minimum Gasteiger partial charge on any atom is -0.490 e. The van der Waals surface area contributed by atoms with Crippen LogP contribution in [0.2, 0.25) is 0 Å².